The summed E-state index contributed by atoms with van der Waals surface area (Å²) in [4.78, 5) is 0. The molecule has 0 aliphatic heterocycles. The minimum absolute atomic E-state index is 0.308. The standard InChI is InChI=1S/C12H25NO2S/c1-10(16(3)14)8-9-13-11-4-6-12(15-2)7-5-11/h10-13H,4-9H2,1-3H3. The van der Waals surface area contributed by atoms with Crippen LogP contribution in [0.3, 0.4) is 0 Å². The summed E-state index contributed by atoms with van der Waals surface area (Å²) in [5.74, 6) is 0. The zero-order chi connectivity index (χ0) is 12.0. The molecule has 2 atom stereocenters. The van der Waals surface area contributed by atoms with Crippen LogP contribution in [-0.4, -0.2) is 41.5 Å². The van der Waals surface area contributed by atoms with Crippen LogP contribution in [0.1, 0.15) is 39.0 Å². The van der Waals surface area contributed by atoms with Crippen molar-refractivity contribution >= 4 is 10.8 Å². The van der Waals surface area contributed by atoms with Gasteiger partial charge in [-0.1, -0.05) is 6.92 Å². The first-order valence-electron chi connectivity index (χ1n) is 6.22. The molecular weight excluding hydrogens is 222 g/mol. The first-order chi connectivity index (χ1) is 7.63. The Morgan fingerprint density at radius 2 is 2.00 bits per heavy atom. The van der Waals surface area contributed by atoms with Gasteiger partial charge in [0.2, 0.25) is 0 Å². The van der Waals surface area contributed by atoms with Gasteiger partial charge < -0.3 is 10.1 Å². The van der Waals surface area contributed by atoms with Gasteiger partial charge in [0.15, 0.2) is 0 Å². The SMILES string of the molecule is COC1CCC(NCCC(C)S(C)=O)CC1. The zero-order valence-corrected chi connectivity index (χ0v) is 11.5. The third kappa shape index (κ3) is 4.93. The number of ether oxygens (including phenoxy) is 1. The summed E-state index contributed by atoms with van der Waals surface area (Å²) in [6.07, 6.45) is 8.03. The Morgan fingerprint density at radius 3 is 2.50 bits per heavy atom. The Balaban J connectivity index is 2.08. The summed E-state index contributed by atoms with van der Waals surface area (Å²) in [5, 5.41) is 3.87. The number of nitrogens with one attached hydrogen (secondary N) is 1. The number of hydrogen-bond donors (Lipinski definition) is 1. The van der Waals surface area contributed by atoms with Crippen LogP contribution in [0.4, 0.5) is 0 Å². The molecule has 1 aliphatic rings. The number of rotatable bonds is 6. The third-order valence-corrected chi connectivity index (χ3v) is 4.93. The smallest absolute Gasteiger partial charge is 0.0572 e. The minimum Gasteiger partial charge on any atom is -0.381 e. The third-order valence-electron chi connectivity index (χ3n) is 3.56. The molecular formula is C12H25NO2S. The molecule has 0 amide bonds. The van der Waals surface area contributed by atoms with E-state index in [1.165, 1.54) is 25.7 Å². The maximum absolute atomic E-state index is 11.2. The zero-order valence-electron chi connectivity index (χ0n) is 10.7. The van der Waals surface area contributed by atoms with Gasteiger partial charge in [0.25, 0.3) is 0 Å². The maximum Gasteiger partial charge on any atom is 0.0572 e. The molecule has 1 aliphatic carbocycles. The summed E-state index contributed by atoms with van der Waals surface area (Å²) in [7, 11) is 1.12. The van der Waals surface area contributed by atoms with E-state index in [-0.39, 0.29) is 0 Å². The fraction of sp³-hybridized carbons (Fsp3) is 1.00. The molecule has 1 saturated carbocycles. The van der Waals surface area contributed by atoms with Crippen molar-refractivity contribution in [2.75, 3.05) is 19.9 Å². The van der Waals surface area contributed by atoms with Gasteiger partial charge >= 0.3 is 0 Å². The van der Waals surface area contributed by atoms with Crippen LogP contribution in [0.5, 0.6) is 0 Å². The first-order valence-corrected chi connectivity index (χ1v) is 7.84. The van der Waals surface area contributed by atoms with Crippen molar-refractivity contribution in [1.29, 1.82) is 0 Å². The molecule has 0 bridgehead atoms. The van der Waals surface area contributed by atoms with Crippen molar-refractivity contribution in [3.05, 3.63) is 0 Å². The van der Waals surface area contributed by atoms with Crippen LogP contribution in [0, 0.1) is 0 Å². The van der Waals surface area contributed by atoms with Crippen LogP contribution in [0.15, 0.2) is 0 Å². The Bertz CT molecular complexity index is 215. The van der Waals surface area contributed by atoms with E-state index < -0.39 is 10.8 Å². The molecule has 0 radical (unpaired) electrons. The molecule has 16 heavy (non-hydrogen) atoms. The van der Waals surface area contributed by atoms with Crippen molar-refractivity contribution in [2.45, 2.75) is 56.4 Å². The first kappa shape index (κ1) is 14.1. The highest BCUT2D eigenvalue weighted by atomic mass is 32.2. The summed E-state index contributed by atoms with van der Waals surface area (Å²) in [6, 6.07) is 0.642. The molecule has 2 unspecified atom stereocenters. The van der Waals surface area contributed by atoms with E-state index in [4.69, 9.17) is 4.74 Å². The van der Waals surface area contributed by atoms with E-state index in [1.54, 1.807) is 13.4 Å². The van der Waals surface area contributed by atoms with Crippen molar-refractivity contribution in [1.82, 2.24) is 5.32 Å². The molecule has 96 valence electrons. The topological polar surface area (TPSA) is 38.3 Å². The molecule has 0 aromatic carbocycles. The normalized spacial score (nSPS) is 29.9. The molecule has 0 saturated heterocycles. The lowest BCUT2D eigenvalue weighted by Gasteiger charge is -2.28. The van der Waals surface area contributed by atoms with Crippen LogP contribution >= 0.6 is 0 Å². The molecule has 0 aromatic heterocycles. The van der Waals surface area contributed by atoms with Crippen LogP contribution in [0.2, 0.25) is 0 Å². The van der Waals surface area contributed by atoms with Gasteiger partial charge in [-0.15, -0.1) is 0 Å². The number of methoxy groups -OCH3 is 1. The highest BCUT2D eigenvalue weighted by Gasteiger charge is 2.20. The van der Waals surface area contributed by atoms with Gasteiger partial charge in [0.05, 0.1) is 6.10 Å². The average molecular weight is 247 g/mol. The Hall–Kier alpha value is 0.0700. The quantitative estimate of drug-likeness (QED) is 0.776. The van der Waals surface area contributed by atoms with Crippen molar-refractivity contribution in [3.8, 4) is 0 Å². The Labute approximate surface area is 102 Å². The van der Waals surface area contributed by atoms with Crippen LogP contribution in [0.25, 0.3) is 0 Å². The van der Waals surface area contributed by atoms with E-state index in [0.29, 0.717) is 17.4 Å². The summed E-state index contributed by atoms with van der Waals surface area (Å²) >= 11 is 0. The van der Waals surface area contributed by atoms with Gasteiger partial charge in [0, 0.05) is 35.5 Å². The van der Waals surface area contributed by atoms with E-state index >= 15 is 0 Å². The van der Waals surface area contributed by atoms with Crippen molar-refractivity contribution < 1.29 is 8.95 Å². The summed E-state index contributed by atoms with van der Waals surface area (Å²) in [6.45, 7) is 3.04. The second kappa shape index (κ2) is 7.41. The van der Waals surface area contributed by atoms with Crippen LogP contribution in [-0.2, 0) is 15.5 Å². The van der Waals surface area contributed by atoms with Crippen molar-refractivity contribution in [3.63, 3.8) is 0 Å². The fourth-order valence-corrected chi connectivity index (χ4v) is 2.61. The summed E-state index contributed by atoms with van der Waals surface area (Å²) < 4.78 is 16.5. The fourth-order valence-electron chi connectivity index (χ4n) is 2.16. The van der Waals surface area contributed by atoms with Gasteiger partial charge in [-0.25, -0.2) is 0 Å². The van der Waals surface area contributed by atoms with Crippen molar-refractivity contribution in [2.24, 2.45) is 0 Å². The van der Waals surface area contributed by atoms with E-state index in [0.717, 1.165) is 13.0 Å². The van der Waals surface area contributed by atoms with Gasteiger partial charge in [-0.2, -0.15) is 0 Å². The predicted molar refractivity (Wildman–Crippen MR) is 69.2 cm³/mol. The lowest BCUT2D eigenvalue weighted by Crippen LogP contribution is -2.36. The molecule has 0 aromatic rings. The average Bonchev–Trinajstić information content (AvgIpc) is 2.29. The molecule has 1 rings (SSSR count). The number of hydrogen-bond acceptors (Lipinski definition) is 3. The molecule has 0 spiro atoms. The van der Waals surface area contributed by atoms with E-state index in [2.05, 4.69) is 12.2 Å². The lowest BCUT2D eigenvalue weighted by atomic mass is 9.93. The summed E-state index contributed by atoms with van der Waals surface area (Å²) in [5.41, 5.74) is 0. The molecule has 0 heterocycles. The van der Waals surface area contributed by atoms with Gasteiger partial charge in [0.1, 0.15) is 0 Å². The lowest BCUT2D eigenvalue weighted by molar-refractivity contribution is 0.0626. The van der Waals surface area contributed by atoms with Gasteiger partial charge in [-0.05, 0) is 38.6 Å². The molecule has 1 fully saturated rings. The molecule has 4 heteroatoms. The maximum atomic E-state index is 11.2. The van der Waals surface area contributed by atoms with E-state index in [9.17, 15) is 4.21 Å². The largest absolute Gasteiger partial charge is 0.381 e. The Morgan fingerprint density at radius 1 is 1.38 bits per heavy atom. The second-order valence-electron chi connectivity index (χ2n) is 4.76. The highest BCUT2D eigenvalue weighted by Crippen LogP contribution is 2.20. The molecule has 3 nitrogen and oxygen atoms in total. The molecule has 1 N–H and O–H groups in total. The van der Waals surface area contributed by atoms with E-state index in [1.807, 2.05) is 0 Å². The highest BCUT2D eigenvalue weighted by molar-refractivity contribution is 7.84. The van der Waals surface area contributed by atoms with Gasteiger partial charge in [-0.3, -0.25) is 4.21 Å². The second-order valence-corrected chi connectivity index (χ2v) is 6.56. The van der Waals surface area contributed by atoms with Crippen LogP contribution < -0.4 is 5.32 Å². The predicted octanol–water partition coefficient (Wildman–Crippen LogP) is 1.69. The monoisotopic (exact) mass is 247 g/mol. The minimum atomic E-state index is -0.684. The Kier molecular flexibility index (Phi) is 6.54.